The van der Waals surface area contributed by atoms with E-state index in [0.717, 1.165) is 23.5 Å². The molecular weight excluding hydrogens is 401 g/mol. The highest BCUT2D eigenvalue weighted by atomic mass is 35.5. The molecule has 0 atom stereocenters. The topological polar surface area (TPSA) is 99.0 Å². The molecule has 0 aliphatic rings. The fourth-order valence-electron chi connectivity index (χ4n) is 2.59. The summed E-state index contributed by atoms with van der Waals surface area (Å²) >= 11 is 5.82. The van der Waals surface area contributed by atoms with E-state index in [1.54, 1.807) is 13.0 Å². The lowest BCUT2D eigenvalue weighted by Crippen LogP contribution is -2.23. The molecule has 0 unspecified atom stereocenters. The molecule has 3 rings (SSSR count). The van der Waals surface area contributed by atoms with Crippen LogP contribution >= 0.6 is 11.6 Å². The molecule has 2 aromatic heterocycles. The van der Waals surface area contributed by atoms with E-state index < -0.39 is 24.3 Å². The van der Waals surface area contributed by atoms with Gasteiger partial charge in [-0.1, -0.05) is 11.6 Å². The maximum absolute atomic E-state index is 13.1. The summed E-state index contributed by atoms with van der Waals surface area (Å²) in [4.78, 5) is 33.0. The summed E-state index contributed by atoms with van der Waals surface area (Å²) in [6, 6.07) is 6.71. The molecule has 1 N–H and O–H groups in total. The van der Waals surface area contributed by atoms with E-state index in [2.05, 4.69) is 20.4 Å². The van der Waals surface area contributed by atoms with E-state index in [1.807, 2.05) is 19.9 Å². The van der Waals surface area contributed by atoms with Gasteiger partial charge < -0.3 is 10.1 Å². The quantitative estimate of drug-likeness (QED) is 0.640. The maximum Gasteiger partial charge on any atom is 0.340 e. The van der Waals surface area contributed by atoms with Crippen LogP contribution in [-0.4, -0.2) is 38.2 Å². The molecule has 0 saturated carbocycles. The second-order valence-corrected chi connectivity index (χ2v) is 6.69. The van der Waals surface area contributed by atoms with Crippen molar-refractivity contribution in [1.29, 1.82) is 0 Å². The first-order valence-corrected chi connectivity index (χ1v) is 8.92. The van der Waals surface area contributed by atoms with Gasteiger partial charge in [-0.05, 0) is 45.0 Å². The first kappa shape index (κ1) is 20.4. The van der Waals surface area contributed by atoms with Crippen molar-refractivity contribution in [2.24, 2.45) is 0 Å². The summed E-state index contributed by atoms with van der Waals surface area (Å²) in [5, 5.41) is 6.80. The van der Waals surface area contributed by atoms with E-state index in [4.69, 9.17) is 16.3 Å². The van der Waals surface area contributed by atoms with Crippen molar-refractivity contribution < 1.29 is 18.7 Å². The molecule has 10 heteroatoms. The van der Waals surface area contributed by atoms with Gasteiger partial charge in [0, 0.05) is 17.5 Å². The predicted octanol–water partition coefficient (Wildman–Crippen LogP) is 3.18. The highest BCUT2D eigenvalue weighted by Crippen LogP contribution is 2.18. The van der Waals surface area contributed by atoms with Crippen LogP contribution in [0.5, 0.6) is 0 Å². The molecule has 0 fully saturated rings. The molecule has 1 amide bonds. The van der Waals surface area contributed by atoms with Crippen LogP contribution in [0.15, 0.2) is 30.3 Å². The number of rotatable bonds is 5. The Balaban J connectivity index is 1.70. The number of carbonyl (C=O) groups excluding carboxylic acids is 2. The van der Waals surface area contributed by atoms with Gasteiger partial charge in [-0.2, -0.15) is 9.78 Å². The molecular formula is C19H17ClFN5O3. The number of hydrogen-bond acceptors (Lipinski definition) is 6. The molecule has 0 saturated heterocycles. The van der Waals surface area contributed by atoms with Gasteiger partial charge in [0.2, 0.25) is 0 Å². The first-order valence-electron chi connectivity index (χ1n) is 8.54. The van der Waals surface area contributed by atoms with Crippen LogP contribution < -0.4 is 5.32 Å². The number of carbonyl (C=O) groups is 2. The lowest BCUT2D eigenvalue weighted by atomic mass is 10.2. The van der Waals surface area contributed by atoms with E-state index in [-0.39, 0.29) is 10.6 Å². The maximum atomic E-state index is 13.1. The predicted molar refractivity (Wildman–Crippen MR) is 104 cm³/mol. The molecule has 1 aromatic carbocycles. The zero-order valence-electron chi connectivity index (χ0n) is 15.9. The largest absolute Gasteiger partial charge is 0.452 e. The standard InChI is InChI=1S/C19H17ClFN5O3/c1-10-6-11(2)23-19(22-10)26-16(7-12(3)25-26)24-17(27)9-29-18(28)14-5-4-13(21)8-15(14)20/h4-8H,9H2,1-3H3,(H,24,27). The van der Waals surface area contributed by atoms with Crippen LogP contribution in [0.2, 0.25) is 5.02 Å². The van der Waals surface area contributed by atoms with Crippen LogP contribution in [0.3, 0.4) is 0 Å². The number of esters is 1. The van der Waals surface area contributed by atoms with Crippen molar-refractivity contribution in [3.8, 4) is 5.95 Å². The van der Waals surface area contributed by atoms with Crippen molar-refractivity contribution in [3.63, 3.8) is 0 Å². The molecule has 0 bridgehead atoms. The Morgan fingerprint density at radius 3 is 2.45 bits per heavy atom. The summed E-state index contributed by atoms with van der Waals surface area (Å²) in [5.74, 6) is -1.38. The second kappa shape index (κ2) is 8.36. The Labute approximate surface area is 170 Å². The zero-order valence-corrected chi connectivity index (χ0v) is 16.6. The van der Waals surface area contributed by atoms with Crippen LogP contribution in [0, 0.1) is 26.6 Å². The SMILES string of the molecule is Cc1cc(C)nc(-n2nc(C)cc2NC(=O)COC(=O)c2ccc(F)cc2Cl)n1. The van der Waals surface area contributed by atoms with Crippen molar-refractivity contribution >= 4 is 29.3 Å². The third-order valence-electron chi connectivity index (χ3n) is 3.74. The number of nitrogens with zero attached hydrogens (tertiary/aromatic N) is 4. The smallest absolute Gasteiger partial charge is 0.340 e. The normalized spacial score (nSPS) is 10.7. The number of aryl methyl sites for hydroxylation is 3. The Bertz CT molecular complexity index is 1080. The van der Waals surface area contributed by atoms with Gasteiger partial charge >= 0.3 is 5.97 Å². The Morgan fingerprint density at radius 1 is 1.10 bits per heavy atom. The van der Waals surface area contributed by atoms with Gasteiger partial charge in [-0.25, -0.2) is 19.2 Å². The molecule has 0 radical (unpaired) electrons. The van der Waals surface area contributed by atoms with Gasteiger partial charge in [0.1, 0.15) is 11.6 Å². The minimum atomic E-state index is -0.840. The number of amides is 1. The lowest BCUT2D eigenvalue weighted by Gasteiger charge is -2.09. The zero-order chi connectivity index (χ0) is 21.1. The fourth-order valence-corrected chi connectivity index (χ4v) is 2.83. The third-order valence-corrected chi connectivity index (χ3v) is 4.06. The summed E-state index contributed by atoms with van der Waals surface area (Å²) in [6.07, 6.45) is 0. The number of benzene rings is 1. The Morgan fingerprint density at radius 2 is 1.79 bits per heavy atom. The number of halogens is 2. The van der Waals surface area contributed by atoms with Crippen LogP contribution in [-0.2, 0) is 9.53 Å². The van der Waals surface area contributed by atoms with Crippen LogP contribution in [0.25, 0.3) is 5.95 Å². The van der Waals surface area contributed by atoms with Gasteiger partial charge in [-0.15, -0.1) is 0 Å². The summed E-state index contributed by atoms with van der Waals surface area (Å²) in [5.41, 5.74) is 2.11. The van der Waals surface area contributed by atoms with Crippen LogP contribution in [0.1, 0.15) is 27.4 Å². The number of nitrogens with one attached hydrogen (secondary N) is 1. The highest BCUT2D eigenvalue weighted by Gasteiger charge is 2.17. The molecule has 2 heterocycles. The van der Waals surface area contributed by atoms with E-state index >= 15 is 0 Å². The average Bonchev–Trinajstić information content (AvgIpc) is 2.99. The summed E-state index contributed by atoms with van der Waals surface area (Å²) in [7, 11) is 0. The van der Waals surface area contributed by atoms with Crippen molar-refractivity contribution in [2.45, 2.75) is 20.8 Å². The second-order valence-electron chi connectivity index (χ2n) is 6.28. The Hall–Kier alpha value is -3.33. The molecule has 150 valence electrons. The summed E-state index contributed by atoms with van der Waals surface area (Å²) < 4.78 is 19.4. The van der Waals surface area contributed by atoms with Crippen molar-refractivity contribution in [3.05, 3.63) is 63.8 Å². The van der Waals surface area contributed by atoms with E-state index in [1.165, 1.54) is 10.7 Å². The monoisotopic (exact) mass is 417 g/mol. The fraction of sp³-hybridized carbons (Fsp3) is 0.211. The van der Waals surface area contributed by atoms with Crippen molar-refractivity contribution in [1.82, 2.24) is 19.7 Å². The molecule has 29 heavy (non-hydrogen) atoms. The van der Waals surface area contributed by atoms with Gasteiger partial charge in [0.15, 0.2) is 6.61 Å². The third kappa shape index (κ3) is 4.94. The minimum absolute atomic E-state index is 0.0367. The summed E-state index contributed by atoms with van der Waals surface area (Å²) in [6.45, 7) is 4.84. The van der Waals surface area contributed by atoms with Gasteiger partial charge in [-0.3, -0.25) is 4.79 Å². The van der Waals surface area contributed by atoms with Crippen molar-refractivity contribution in [2.75, 3.05) is 11.9 Å². The van der Waals surface area contributed by atoms with Crippen LogP contribution in [0.4, 0.5) is 10.2 Å². The van der Waals surface area contributed by atoms with Gasteiger partial charge in [0.05, 0.1) is 16.3 Å². The van der Waals surface area contributed by atoms with Gasteiger partial charge in [0.25, 0.3) is 11.9 Å². The lowest BCUT2D eigenvalue weighted by molar-refractivity contribution is -0.119. The molecule has 0 aliphatic heterocycles. The highest BCUT2D eigenvalue weighted by molar-refractivity contribution is 6.33. The number of ether oxygens (including phenoxy) is 1. The number of anilines is 1. The molecule has 3 aromatic rings. The number of aromatic nitrogens is 4. The van der Waals surface area contributed by atoms with E-state index in [0.29, 0.717) is 17.5 Å². The first-order chi connectivity index (χ1) is 13.7. The molecule has 0 spiro atoms. The Kier molecular flexibility index (Phi) is 5.88. The van der Waals surface area contributed by atoms with E-state index in [9.17, 15) is 14.0 Å². The molecule has 8 nitrogen and oxygen atoms in total. The average molecular weight is 418 g/mol. The molecule has 0 aliphatic carbocycles. The minimum Gasteiger partial charge on any atom is -0.452 e. The number of hydrogen-bond donors (Lipinski definition) is 1.